The van der Waals surface area contributed by atoms with Crippen LogP contribution in [0, 0.1) is 29.9 Å². The van der Waals surface area contributed by atoms with Crippen molar-refractivity contribution < 1.29 is 56.2 Å². The molecule has 4 aromatic rings. The number of carbonyl (C=O) groups excluding carboxylic acids is 2. The molecule has 6 heterocycles. The molecule has 4 fully saturated rings. The minimum atomic E-state index is -4.89. The Hall–Kier alpha value is -5.18. The number of halogens is 2. The average Bonchev–Trinajstić information content (AvgIpc) is 3.87. The van der Waals surface area contributed by atoms with Gasteiger partial charge in [0.05, 0.1) is 34.5 Å². The van der Waals surface area contributed by atoms with Gasteiger partial charge in [0.25, 0.3) is 0 Å². The minimum Gasteiger partial charge on any atom is -0.467 e. The van der Waals surface area contributed by atoms with Crippen molar-refractivity contribution in [2.75, 3.05) is 44.5 Å². The third kappa shape index (κ3) is 8.04. The van der Waals surface area contributed by atoms with E-state index >= 15 is 8.78 Å². The smallest absolute Gasteiger partial charge is 0.467 e. The first-order valence-corrected chi connectivity index (χ1v) is 21.4. The summed E-state index contributed by atoms with van der Waals surface area (Å²) in [7, 11) is -4.89. The number of rotatable bonds is 12. The quantitative estimate of drug-likeness (QED) is 0.0743. The Kier molecular flexibility index (Phi) is 11.3. The minimum absolute atomic E-state index is 0.00510. The van der Waals surface area contributed by atoms with Crippen molar-refractivity contribution >= 4 is 47.4 Å². The number of anilines is 1. The molecular weight excluding hydrogens is 805 g/mol. The van der Waals surface area contributed by atoms with Gasteiger partial charge in [-0.2, -0.15) is 9.97 Å². The lowest BCUT2D eigenvalue weighted by Crippen LogP contribution is -2.56. The predicted octanol–water partition coefficient (Wildman–Crippen LogP) is 5.89. The normalized spacial score (nSPS) is 20.4. The zero-order chi connectivity index (χ0) is 42.5. The molecule has 16 nitrogen and oxygen atoms in total. The monoisotopic (exact) mass is 850 g/mol. The van der Waals surface area contributed by atoms with Gasteiger partial charge in [-0.3, -0.25) is 19.6 Å². The number of terminal acetylenes is 1. The Morgan fingerprint density at radius 3 is 2.42 bits per heavy atom. The van der Waals surface area contributed by atoms with Gasteiger partial charge in [0.15, 0.2) is 12.6 Å². The van der Waals surface area contributed by atoms with E-state index in [1.54, 1.807) is 18.7 Å². The number of piperazine rings is 1. The van der Waals surface area contributed by atoms with E-state index < -0.39 is 50.5 Å². The Bertz CT molecular complexity index is 2420. The number of hydrogen-bond acceptors (Lipinski definition) is 13. The van der Waals surface area contributed by atoms with Crippen LogP contribution in [0.2, 0.25) is 0 Å². The summed E-state index contributed by atoms with van der Waals surface area (Å²) in [5.74, 6) is 0.193. The first-order chi connectivity index (χ1) is 28.6. The number of phosphoric acid groups is 1. The Balaban J connectivity index is 1.18. The molecule has 2 bridgehead atoms. The highest BCUT2D eigenvalue weighted by molar-refractivity contribution is 7.46. The number of aromatic nitrogens is 3. The second-order valence-electron chi connectivity index (χ2n) is 16.0. The number of hydrogen-bond donors (Lipinski definition) is 2. The van der Waals surface area contributed by atoms with E-state index in [0.717, 1.165) is 44.8 Å². The molecule has 2 N–H and O–H groups in total. The number of phosphoric ester groups is 1. The van der Waals surface area contributed by atoms with Crippen LogP contribution in [-0.4, -0.2) is 110 Å². The molecule has 4 aliphatic rings. The molecule has 3 unspecified atom stereocenters. The van der Waals surface area contributed by atoms with Gasteiger partial charge in [-0.05, 0) is 75.2 Å². The first-order valence-electron chi connectivity index (χ1n) is 19.9. The molecule has 4 aliphatic heterocycles. The summed E-state index contributed by atoms with van der Waals surface area (Å²) in [4.78, 5) is 64.0. The van der Waals surface area contributed by atoms with E-state index in [-0.39, 0.29) is 62.5 Å². The van der Waals surface area contributed by atoms with Crippen molar-refractivity contribution in [3.63, 3.8) is 0 Å². The highest BCUT2D eigenvalue weighted by Gasteiger charge is 2.46. The molecule has 8 rings (SSSR count). The van der Waals surface area contributed by atoms with Crippen LogP contribution >= 0.6 is 7.82 Å². The Morgan fingerprint density at radius 1 is 1.03 bits per heavy atom. The van der Waals surface area contributed by atoms with Crippen LogP contribution in [0.3, 0.4) is 0 Å². The second kappa shape index (κ2) is 16.4. The van der Waals surface area contributed by atoms with Crippen LogP contribution in [0.4, 0.5) is 19.4 Å². The van der Waals surface area contributed by atoms with Crippen molar-refractivity contribution in [1.82, 2.24) is 24.8 Å². The van der Waals surface area contributed by atoms with E-state index in [9.17, 15) is 23.9 Å². The van der Waals surface area contributed by atoms with Crippen LogP contribution in [-0.2, 0) is 23.4 Å². The standard InChI is InChI=1S/C41H45F2N6O10P/c1-5-29-32(42)11-8-25-16-28(56-22-57-60(52,53)54)17-30(33(25)29)35-34(43)36-31(18-44-35)37(46-39(45-36)55-21-41-12-6-14-48(41)15-7-13-41)47-19-26-9-10-27(20-47)49(26)40(51)59-24(4)58-38(50)23(2)3/h1,8,11,16-18,23-24,26-27H,6-7,9-10,12-15,19-22H2,2-4H3,(H2,52,53,54). The van der Waals surface area contributed by atoms with E-state index in [1.165, 1.54) is 31.3 Å². The van der Waals surface area contributed by atoms with Crippen LogP contribution in [0.1, 0.15) is 64.9 Å². The third-order valence-corrected chi connectivity index (χ3v) is 12.3. The summed E-state index contributed by atoms with van der Waals surface area (Å²) >= 11 is 0. The molecule has 2 aromatic carbocycles. The molecule has 0 saturated carbocycles. The number of amides is 1. The Morgan fingerprint density at radius 2 is 1.75 bits per heavy atom. The molecular formula is C41H45F2N6O10P. The predicted molar refractivity (Wildman–Crippen MR) is 213 cm³/mol. The van der Waals surface area contributed by atoms with Gasteiger partial charge < -0.3 is 33.6 Å². The zero-order valence-corrected chi connectivity index (χ0v) is 34.2. The molecule has 4 saturated heterocycles. The van der Waals surface area contributed by atoms with Crippen LogP contribution in [0.25, 0.3) is 32.9 Å². The third-order valence-electron chi connectivity index (χ3n) is 11.8. The van der Waals surface area contributed by atoms with Crippen molar-refractivity contribution in [2.24, 2.45) is 5.92 Å². The maximum Gasteiger partial charge on any atom is 0.472 e. The lowest BCUT2D eigenvalue weighted by atomic mass is 9.95. The fraction of sp³-hybridized carbons (Fsp3) is 0.488. The molecule has 0 spiro atoms. The molecule has 60 heavy (non-hydrogen) atoms. The van der Waals surface area contributed by atoms with E-state index in [1.807, 2.05) is 4.90 Å². The number of carbonyl (C=O) groups is 2. The summed E-state index contributed by atoms with van der Waals surface area (Å²) in [6.45, 7) is 6.87. The maximum atomic E-state index is 17.4. The highest BCUT2D eigenvalue weighted by Crippen LogP contribution is 2.43. The largest absolute Gasteiger partial charge is 0.472 e. The summed E-state index contributed by atoms with van der Waals surface area (Å²) in [5.41, 5.74) is -0.707. The lowest BCUT2D eigenvalue weighted by Gasteiger charge is -2.41. The van der Waals surface area contributed by atoms with Gasteiger partial charge in [-0.25, -0.2) is 22.7 Å². The van der Waals surface area contributed by atoms with Crippen molar-refractivity contribution in [1.29, 1.82) is 0 Å². The molecule has 1 amide bonds. The molecule has 3 atom stereocenters. The number of pyridine rings is 1. The molecule has 2 aromatic heterocycles. The average molecular weight is 851 g/mol. The summed E-state index contributed by atoms with van der Waals surface area (Å²) in [6, 6.07) is 4.68. The number of nitrogens with zero attached hydrogens (tertiary/aromatic N) is 6. The number of benzene rings is 2. The summed E-state index contributed by atoms with van der Waals surface area (Å²) in [5, 5.41) is 0.731. The van der Waals surface area contributed by atoms with Gasteiger partial charge in [-0.1, -0.05) is 25.8 Å². The highest BCUT2D eigenvalue weighted by atomic mass is 31.2. The summed E-state index contributed by atoms with van der Waals surface area (Å²) in [6.07, 6.45) is 10.8. The van der Waals surface area contributed by atoms with Crippen molar-refractivity contribution in [3.05, 3.63) is 47.7 Å². The second-order valence-corrected chi connectivity index (χ2v) is 17.2. The van der Waals surface area contributed by atoms with Crippen LogP contribution in [0.5, 0.6) is 11.8 Å². The topological polar surface area (TPSA) is 186 Å². The molecule has 0 radical (unpaired) electrons. The van der Waals surface area contributed by atoms with Gasteiger partial charge >= 0.3 is 25.9 Å². The number of ether oxygens (including phenoxy) is 4. The molecule has 19 heteroatoms. The van der Waals surface area contributed by atoms with E-state index in [0.29, 0.717) is 43.7 Å². The number of esters is 1. The van der Waals surface area contributed by atoms with Crippen LogP contribution < -0.4 is 14.4 Å². The molecule has 0 aliphatic carbocycles. The number of fused-ring (bicyclic) bond motifs is 5. The lowest BCUT2D eigenvalue weighted by molar-refractivity contribution is -0.170. The van der Waals surface area contributed by atoms with Gasteiger partial charge in [-0.15, -0.1) is 6.42 Å². The Labute approximate surface area is 344 Å². The van der Waals surface area contributed by atoms with Crippen LogP contribution in [0.15, 0.2) is 30.5 Å². The van der Waals surface area contributed by atoms with Gasteiger partial charge in [0, 0.05) is 37.2 Å². The van der Waals surface area contributed by atoms with Crippen molar-refractivity contribution in [2.45, 2.75) is 83.2 Å². The fourth-order valence-corrected chi connectivity index (χ4v) is 9.25. The van der Waals surface area contributed by atoms with E-state index in [4.69, 9.17) is 30.4 Å². The SMILES string of the molecule is C#Cc1c(F)ccc2cc(OCOP(=O)(O)O)cc(-c3ncc4c(N5CC6CCC(C5)N6C(=O)OC(C)OC(=O)C(C)C)nc(OCC56CCCN5CCC6)nc4c3F)c12. The van der Waals surface area contributed by atoms with Gasteiger partial charge in [0.2, 0.25) is 6.29 Å². The fourth-order valence-electron chi connectivity index (χ4n) is 9.06. The molecule has 318 valence electrons. The first kappa shape index (κ1) is 41.5. The summed E-state index contributed by atoms with van der Waals surface area (Å²) < 4.78 is 71.1. The van der Waals surface area contributed by atoms with Gasteiger partial charge in [0.1, 0.15) is 35.2 Å². The van der Waals surface area contributed by atoms with Crippen molar-refractivity contribution in [3.8, 4) is 35.4 Å². The zero-order valence-electron chi connectivity index (χ0n) is 33.3. The maximum absolute atomic E-state index is 17.4. The van der Waals surface area contributed by atoms with E-state index in [2.05, 4.69) is 25.3 Å².